The molecular formula is C8H7N5O3. The highest BCUT2D eigenvalue weighted by Crippen LogP contribution is 2.18. The van der Waals surface area contributed by atoms with E-state index in [1.807, 2.05) is 0 Å². The van der Waals surface area contributed by atoms with Crippen LogP contribution in [0.25, 0.3) is 11.4 Å². The minimum absolute atomic E-state index is 0.416. The SMILES string of the molecule is O=C(O)ONc1cccc(-c2nn[nH]n2)c1. The van der Waals surface area contributed by atoms with Crippen LogP contribution in [-0.4, -0.2) is 31.9 Å². The van der Waals surface area contributed by atoms with E-state index in [9.17, 15) is 4.79 Å². The van der Waals surface area contributed by atoms with Crippen molar-refractivity contribution in [2.75, 3.05) is 5.48 Å². The topological polar surface area (TPSA) is 113 Å². The quantitative estimate of drug-likeness (QED) is 0.659. The van der Waals surface area contributed by atoms with E-state index >= 15 is 0 Å². The van der Waals surface area contributed by atoms with Crippen LogP contribution < -0.4 is 5.48 Å². The number of carboxylic acid groups (broad SMARTS) is 1. The van der Waals surface area contributed by atoms with E-state index in [2.05, 4.69) is 30.9 Å². The van der Waals surface area contributed by atoms with Crippen LogP contribution in [-0.2, 0) is 4.84 Å². The Morgan fingerprint density at radius 1 is 1.50 bits per heavy atom. The van der Waals surface area contributed by atoms with Crippen molar-refractivity contribution < 1.29 is 14.7 Å². The molecule has 0 aliphatic rings. The van der Waals surface area contributed by atoms with Gasteiger partial charge in [-0.25, -0.2) is 10.3 Å². The lowest BCUT2D eigenvalue weighted by Gasteiger charge is -2.03. The van der Waals surface area contributed by atoms with E-state index in [4.69, 9.17) is 5.11 Å². The van der Waals surface area contributed by atoms with Gasteiger partial charge in [0.1, 0.15) is 0 Å². The van der Waals surface area contributed by atoms with Gasteiger partial charge in [-0.15, -0.1) is 10.2 Å². The van der Waals surface area contributed by atoms with Crippen molar-refractivity contribution in [1.29, 1.82) is 0 Å². The van der Waals surface area contributed by atoms with Crippen molar-refractivity contribution >= 4 is 11.8 Å². The van der Waals surface area contributed by atoms with E-state index in [0.717, 1.165) is 0 Å². The molecule has 0 spiro atoms. The monoisotopic (exact) mass is 221 g/mol. The third-order valence-corrected chi connectivity index (χ3v) is 1.72. The van der Waals surface area contributed by atoms with Gasteiger partial charge >= 0.3 is 6.16 Å². The van der Waals surface area contributed by atoms with Gasteiger partial charge in [0.25, 0.3) is 0 Å². The molecular weight excluding hydrogens is 214 g/mol. The molecule has 3 N–H and O–H groups in total. The molecule has 0 aliphatic heterocycles. The lowest BCUT2D eigenvalue weighted by atomic mass is 10.2. The molecule has 0 aliphatic carbocycles. The lowest BCUT2D eigenvalue weighted by molar-refractivity contribution is 0.112. The molecule has 1 heterocycles. The van der Waals surface area contributed by atoms with E-state index in [1.165, 1.54) is 0 Å². The Morgan fingerprint density at radius 3 is 3.06 bits per heavy atom. The zero-order chi connectivity index (χ0) is 11.4. The Labute approximate surface area is 89.2 Å². The number of anilines is 1. The standard InChI is InChI=1S/C8H7N5O3/c14-8(15)16-11-6-3-1-2-5(4-6)7-9-12-13-10-7/h1-4,11H,(H,14,15)(H,9,10,12,13). The van der Waals surface area contributed by atoms with Crippen LogP contribution in [0, 0.1) is 0 Å². The smallest absolute Gasteiger partial charge is 0.448 e. The largest absolute Gasteiger partial charge is 0.530 e. The Morgan fingerprint density at radius 2 is 2.38 bits per heavy atom. The number of benzene rings is 1. The Kier molecular flexibility index (Phi) is 2.63. The van der Waals surface area contributed by atoms with E-state index in [0.29, 0.717) is 17.1 Å². The minimum Gasteiger partial charge on any atom is -0.448 e. The normalized spacial score (nSPS) is 9.75. The average molecular weight is 221 g/mol. The number of rotatable bonds is 3. The Bertz CT molecular complexity index is 484. The number of hydrogen-bond donors (Lipinski definition) is 3. The molecule has 2 rings (SSSR count). The number of carbonyl (C=O) groups is 1. The van der Waals surface area contributed by atoms with Crippen molar-refractivity contribution in [2.45, 2.75) is 0 Å². The van der Waals surface area contributed by atoms with Gasteiger partial charge in [-0.2, -0.15) is 5.21 Å². The Balaban J connectivity index is 2.17. The highest BCUT2D eigenvalue weighted by atomic mass is 16.8. The van der Waals surface area contributed by atoms with Gasteiger partial charge in [-0.05, 0) is 17.3 Å². The number of tetrazole rings is 1. The third kappa shape index (κ3) is 2.23. The molecule has 0 amide bonds. The summed E-state index contributed by atoms with van der Waals surface area (Å²) in [6.45, 7) is 0. The van der Waals surface area contributed by atoms with Crippen molar-refractivity contribution in [2.24, 2.45) is 0 Å². The van der Waals surface area contributed by atoms with Crippen molar-refractivity contribution in [3.05, 3.63) is 24.3 Å². The highest BCUT2D eigenvalue weighted by molar-refractivity contribution is 5.63. The fourth-order valence-corrected chi connectivity index (χ4v) is 1.11. The summed E-state index contributed by atoms with van der Waals surface area (Å²) in [6.07, 6.45) is -1.41. The van der Waals surface area contributed by atoms with Crippen LogP contribution in [0.2, 0.25) is 0 Å². The summed E-state index contributed by atoms with van der Waals surface area (Å²) in [5.74, 6) is 0.416. The van der Waals surface area contributed by atoms with Crippen LogP contribution in [0.1, 0.15) is 0 Å². The molecule has 0 bridgehead atoms. The van der Waals surface area contributed by atoms with Crippen LogP contribution in [0.15, 0.2) is 24.3 Å². The van der Waals surface area contributed by atoms with E-state index in [1.54, 1.807) is 24.3 Å². The van der Waals surface area contributed by atoms with Gasteiger partial charge in [0.05, 0.1) is 5.69 Å². The number of H-pyrrole nitrogens is 1. The first kappa shape index (κ1) is 9.90. The fourth-order valence-electron chi connectivity index (χ4n) is 1.11. The summed E-state index contributed by atoms with van der Waals surface area (Å²) >= 11 is 0. The van der Waals surface area contributed by atoms with E-state index < -0.39 is 6.16 Å². The molecule has 0 radical (unpaired) electrons. The van der Waals surface area contributed by atoms with Gasteiger partial charge in [0.15, 0.2) is 0 Å². The molecule has 82 valence electrons. The van der Waals surface area contributed by atoms with Gasteiger partial charge in [-0.3, -0.25) is 0 Å². The number of aromatic nitrogens is 4. The number of aromatic amines is 1. The van der Waals surface area contributed by atoms with Gasteiger partial charge in [-0.1, -0.05) is 12.1 Å². The molecule has 0 fully saturated rings. The van der Waals surface area contributed by atoms with Crippen molar-refractivity contribution in [1.82, 2.24) is 20.6 Å². The number of nitrogens with one attached hydrogen (secondary N) is 2. The average Bonchev–Trinajstić information content (AvgIpc) is 2.80. The molecule has 0 saturated heterocycles. The van der Waals surface area contributed by atoms with Crippen LogP contribution in [0.4, 0.5) is 10.5 Å². The second-order valence-corrected chi connectivity index (χ2v) is 2.79. The molecule has 8 heteroatoms. The molecule has 8 nitrogen and oxygen atoms in total. The molecule has 0 atom stereocenters. The van der Waals surface area contributed by atoms with Gasteiger partial charge in [0, 0.05) is 5.56 Å². The lowest BCUT2D eigenvalue weighted by Crippen LogP contribution is -2.07. The Hall–Kier alpha value is -2.64. The summed E-state index contributed by atoms with van der Waals surface area (Å²) in [4.78, 5) is 14.4. The molecule has 1 aromatic carbocycles. The second-order valence-electron chi connectivity index (χ2n) is 2.79. The molecule has 2 aromatic rings. The summed E-state index contributed by atoms with van der Waals surface area (Å²) in [5.41, 5.74) is 3.43. The van der Waals surface area contributed by atoms with Crippen molar-refractivity contribution in [3.8, 4) is 11.4 Å². The first-order valence-corrected chi connectivity index (χ1v) is 4.25. The van der Waals surface area contributed by atoms with Gasteiger partial charge in [0.2, 0.25) is 5.82 Å². The zero-order valence-corrected chi connectivity index (χ0v) is 7.91. The van der Waals surface area contributed by atoms with Crippen LogP contribution >= 0.6 is 0 Å². The summed E-state index contributed by atoms with van der Waals surface area (Å²) in [5, 5.41) is 21.6. The van der Waals surface area contributed by atoms with Crippen LogP contribution in [0.3, 0.4) is 0 Å². The first-order chi connectivity index (χ1) is 7.75. The molecule has 0 saturated carbocycles. The van der Waals surface area contributed by atoms with E-state index in [-0.39, 0.29) is 0 Å². The number of hydrogen-bond acceptors (Lipinski definition) is 6. The summed E-state index contributed by atoms with van der Waals surface area (Å²) < 4.78 is 0. The maximum absolute atomic E-state index is 10.2. The maximum Gasteiger partial charge on any atom is 0.530 e. The predicted octanol–water partition coefficient (Wildman–Crippen LogP) is 0.888. The summed E-state index contributed by atoms with van der Waals surface area (Å²) in [7, 11) is 0. The first-order valence-electron chi connectivity index (χ1n) is 4.25. The summed E-state index contributed by atoms with van der Waals surface area (Å²) in [6, 6.07) is 6.75. The zero-order valence-electron chi connectivity index (χ0n) is 7.91. The molecule has 1 aromatic heterocycles. The van der Waals surface area contributed by atoms with Gasteiger partial charge < -0.3 is 9.94 Å². The van der Waals surface area contributed by atoms with Crippen molar-refractivity contribution in [3.63, 3.8) is 0 Å². The minimum atomic E-state index is -1.41. The molecule has 0 unspecified atom stereocenters. The second kappa shape index (κ2) is 4.26. The van der Waals surface area contributed by atoms with Crippen LogP contribution in [0.5, 0.6) is 0 Å². The maximum atomic E-state index is 10.2. The molecule has 16 heavy (non-hydrogen) atoms. The third-order valence-electron chi connectivity index (χ3n) is 1.72. The highest BCUT2D eigenvalue weighted by Gasteiger charge is 2.04. The number of nitrogens with zero attached hydrogens (tertiary/aromatic N) is 3. The fraction of sp³-hybridized carbons (Fsp3) is 0. The predicted molar refractivity (Wildman–Crippen MR) is 52.3 cm³/mol.